The Balaban J connectivity index is 2.61. The molecule has 1 N–H and O–H groups in total. The molecule has 0 aromatic carbocycles. The Morgan fingerprint density at radius 1 is 1.23 bits per heavy atom. The Morgan fingerprint density at radius 3 is 2.23 bits per heavy atom. The summed E-state index contributed by atoms with van der Waals surface area (Å²) in [5.41, 5.74) is -1.01. The van der Waals surface area contributed by atoms with E-state index in [2.05, 4.69) is 20.9 Å². The zero-order valence-corrected chi connectivity index (χ0v) is 15.2. The van der Waals surface area contributed by atoms with Crippen LogP contribution in [0.4, 0.5) is 0 Å². The number of hydrogen-bond acceptors (Lipinski definition) is 3. The van der Waals surface area contributed by atoms with E-state index >= 15 is 0 Å². The van der Waals surface area contributed by atoms with Gasteiger partial charge in [-0.2, -0.15) is 0 Å². The first-order chi connectivity index (χ1) is 10.2. The van der Waals surface area contributed by atoms with Crippen LogP contribution in [0.1, 0.15) is 59.8 Å². The van der Waals surface area contributed by atoms with Gasteiger partial charge in [0.1, 0.15) is 13.2 Å². The van der Waals surface area contributed by atoms with Gasteiger partial charge in [0.25, 0.3) is 0 Å². The maximum atomic E-state index is 12.6. The van der Waals surface area contributed by atoms with Gasteiger partial charge in [-0.3, -0.25) is 4.79 Å². The monoisotopic (exact) mass is 314 g/mol. The highest BCUT2D eigenvalue weighted by atomic mass is 16.5. The lowest BCUT2D eigenvalue weighted by atomic mass is 9.73. The van der Waals surface area contributed by atoms with Crippen molar-refractivity contribution < 1.29 is 19.1 Å². The molecule has 0 radical (unpaired) electrons. The van der Waals surface area contributed by atoms with Crippen LogP contribution in [0.25, 0.3) is 0 Å². The van der Waals surface area contributed by atoms with Gasteiger partial charge in [-0.25, -0.2) is 0 Å². The molecule has 0 heterocycles. The fourth-order valence-corrected chi connectivity index (χ4v) is 3.52. The maximum absolute atomic E-state index is 12.6. The number of ether oxygens (including phenoxy) is 1. The van der Waals surface area contributed by atoms with E-state index in [4.69, 9.17) is 4.74 Å². The summed E-state index contributed by atoms with van der Waals surface area (Å²) in [6, 6.07) is 0. The average molecular weight is 314 g/mol. The molecule has 1 atom stereocenters. The van der Waals surface area contributed by atoms with Gasteiger partial charge in [0, 0.05) is 0 Å². The molecular weight excluding hydrogens is 278 g/mol. The molecule has 0 spiro atoms. The smallest absolute Gasteiger partial charge is 0.312 e. The lowest BCUT2D eigenvalue weighted by molar-refractivity contribution is -0.906. The van der Waals surface area contributed by atoms with E-state index in [1.165, 1.54) is 6.42 Å². The summed E-state index contributed by atoms with van der Waals surface area (Å²) in [7, 11) is 2.18. The first-order valence-electron chi connectivity index (χ1n) is 8.96. The van der Waals surface area contributed by atoms with Crippen LogP contribution in [0.15, 0.2) is 0 Å². The Morgan fingerprint density at radius 2 is 1.77 bits per heavy atom. The van der Waals surface area contributed by atoms with Gasteiger partial charge < -0.3 is 14.3 Å². The van der Waals surface area contributed by atoms with Crippen molar-refractivity contribution in [1.29, 1.82) is 0 Å². The van der Waals surface area contributed by atoms with E-state index in [0.717, 1.165) is 49.8 Å². The SMILES string of the molecule is CC[N+](C)(CC)CCOC(=O)C(C1CCCCC1)C(C)(C)O. The second-order valence-corrected chi connectivity index (χ2v) is 7.67. The number of carbonyl (C=O) groups excluding carboxylic acids is 1. The van der Waals surface area contributed by atoms with Crippen molar-refractivity contribution in [2.75, 3.05) is 33.3 Å². The number of aliphatic hydroxyl groups is 1. The topological polar surface area (TPSA) is 46.5 Å². The van der Waals surface area contributed by atoms with Gasteiger partial charge in [-0.1, -0.05) is 19.3 Å². The quantitative estimate of drug-likeness (QED) is 0.553. The van der Waals surface area contributed by atoms with E-state index in [1.807, 2.05) is 0 Å². The number of rotatable bonds is 8. The zero-order valence-electron chi connectivity index (χ0n) is 15.2. The molecule has 4 heteroatoms. The molecule has 130 valence electrons. The normalized spacial score (nSPS) is 19.0. The summed E-state index contributed by atoms with van der Waals surface area (Å²) in [4.78, 5) is 12.6. The van der Waals surface area contributed by atoms with Gasteiger partial charge in [-0.05, 0) is 46.5 Å². The van der Waals surface area contributed by atoms with Crippen LogP contribution in [0.2, 0.25) is 0 Å². The van der Waals surface area contributed by atoms with Gasteiger partial charge in [0.05, 0.1) is 31.7 Å². The van der Waals surface area contributed by atoms with Crippen molar-refractivity contribution in [3.63, 3.8) is 0 Å². The fourth-order valence-electron chi connectivity index (χ4n) is 3.52. The average Bonchev–Trinajstić information content (AvgIpc) is 2.47. The van der Waals surface area contributed by atoms with Crippen molar-refractivity contribution in [2.45, 2.75) is 65.4 Å². The van der Waals surface area contributed by atoms with Gasteiger partial charge in [0.15, 0.2) is 0 Å². The second kappa shape index (κ2) is 8.30. The Labute approximate surface area is 136 Å². The van der Waals surface area contributed by atoms with Crippen LogP contribution in [-0.2, 0) is 9.53 Å². The largest absolute Gasteiger partial charge is 0.459 e. The highest BCUT2D eigenvalue weighted by Gasteiger charge is 2.41. The third-order valence-electron chi connectivity index (χ3n) is 5.54. The molecule has 0 aliphatic heterocycles. The number of likely N-dealkylation sites (N-methyl/N-ethyl adjacent to an activating group) is 1. The number of quaternary nitrogens is 1. The highest BCUT2D eigenvalue weighted by molar-refractivity contribution is 5.74. The first-order valence-corrected chi connectivity index (χ1v) is 8.96. The predicted molar refractivity (Wildman–Crippen MR) is 89.5 cm³/mol. The Kier molecular flexibility index (Phi) is 7.33. The standard InChI is InChI=1S/C18H36NO3/c1-6-19(5,7-2)13-14-22-17(20)16(18(3,4)21)15-11-9-8-10-12-15/h15-16,21H,6-14H2,1-5H3/q+1. The van der Waals surface area contributed by atoms with E-state index in [0.29, 0.717) is 6.61 Å². The third kappa shape index (κ3) is 5.54. The van der Waals surface area contributed by atoms with Crippen LogP contribution < -0.4 is 0 Å². The van der Waals surface area contributed by atoms with Gasteiger partial charge in [-0.15, -0.1) is 0 Å². The lowest BCUT2D eigenvalue weighted by Crippen LogP contribution is -2.47. The number of hydrogen-bond donors (Lipinski definition) is 1. The molecule has 0 aromatic heterocycles. The third-order valence-corrected chi connectivity index (χ3v) is 5.54. The first kappa shape index (κ1) is 19.4. The molecule has 1 fully saturated rings. The molecule has 0 saturated heterocycles. The number of carbonyl (C=O) groups is 1. The van der Waals surface area contributed by atoms with E-state index in [1.54, 1.807) is 13.8 Å². The van der Waals surface area contributed by atoms with Crippen molar-refractivity contribution in [3.05, 3.63) is 0 Å². The maximum Gasteiger partial charge on any atom is 0.312 e. The molecule has 1 rings (SSSR count). The summed E-state index contributed by atoms with van der Waals surface area (Å²) in [6.07, 6.45) is 5.62. The fraction of sp³-hybridized carbons (Fsp3) is 0.944. The second-order valence-electron chi connectivity index (χ2n) is 7.67. The summed E-state index contributed by atoms with van der Waals surface area (Å²) in [6.45, 7) is 11.1. The predicted octanol–water partition coefficient (Wildman–Crippen LogP) is 2.98. The summed E-state index contributed by atoms with van der Waals surface area (Å²) < 4.78 is 6.48. The molecule has 0 aromatic rings. The van der Waals surface area contributed by atoms with Crippen LogP contribution >= 0.6 is 0 Å². The summed E-state index contributed by atoms with van der Waals surface area (Å²) in [5, 5.41) is 10.4. The molecule has 4 nitrogen and oxygen atoms in total. The molecule has 1 aliphatic rings. The molecular formula is C18H36NO3+. The molecule has 0 amide bonds. The minimum absolute atomic E-state index is 0.210. The van der Waals surface area contributed by atoms with Crippen molar-refractivity contribution in [2.24, 2.45) is 11.8 Å². The van der Waals surface area contributed by atoms with Gasteiger partial charge in [0.2, 0.25) is 0 Å². The van der Waals surface area contributed by atoms with Crippen LogP contribution in [0.5, 0.6) is 0 Å². The van der Waals surface area contributed by atoms with Crippen molar-refractivity contribution in [1.82, 2.24) is 0 Å². The molecule has 1 aliphatic carbocycles. The van der Waals surface area contributed by atoms with E-state index in [9.17, 15) is 9.90 Å². The molecule has 22 heavy (non-hydrogen) atoms. The minimum Gasteiger partial charge on any atom is -0.459 e. The lowest BCUT2D eigenvalue weighted by Gasteiger charge is -2.36. The summed E-state index contributed by atoms with van der Waals surface area (Å²) in [5.74, 6) is -0.340. The van der Waals surface area contributed by atoms with E-state index in [-0.39, 0.29) is 11.9 Å². The van der Waals surface area contributed by atoms with Crippen LogP contribution in [-0.4, -0.2) is 54.4 Å². The zero-order chi connectivity index (χ0) is 16.8. The Hall–Kier alpha value is -0.610. The minimum atomic E-state index is -1.01. The van der Waals surface area contributed by atoms with Gasteiger partial charge >= 0.3 is 5.97 Å². The summed E-state index contributed by atoms with van der Waals surface area (Å²) >= 11 is 0. The van der Waals surface area contributed by atoms with Crippen molar-refractivity contribution >= 4 is 5.97 Å². The molecule has 0 bridgehead atoms. The number of nitrogens with zero attached hydrogens (tertiary/aromatic N) is 1. The Bertz CT molecular complexity index is 339. The van der Waals surface area contributed by atoms with Crippen molar-refractivity contribution in [3.8, 4) is 0 Å². The van der Waals surface area contributed by atoms with Crippen LogP contribution in [0, 0.1) is 11.8 Å². The van der Waals surface area contributed by atoms with E-state index < -0.39 is 11.5 Å². The highest BCUT2D eigenvalue weighted by Crippen LogP contribution is 2.36. The molecule has 1 saturated carbocycles. The molecule has 1 unspecified atom stereocenters. The number of esters is 1. The van der Waals surface area contributed by atoms with Crippen LogP contribution in [0.3, 0.4) is 0 Å².